The lowest BCUT2D eigenvalue weighted by Gasteiger charge is -2.18. The van der Waals surface area contributed by atoms with Crippen molar-refractivity contribution in [3.8, 4) is 0 Å². The molecular weight excluding hydrogens is 275 g/mol. The quantitative estimate of drug-likeness (QED) is 0.845. The molecule has 0 fully saturated rings. The van der Waals surface area contributed by atoms with Crippen LogP contribution in [0.4, 0.5) is 13.2 Å². The molecule has 0 saturated heterocycles. The SMILES string of the molecule is CC(=O)NC(CC(F)(F)F)C(=O)OCc1ccccc1. The van der Waals surface area contributed by atoms with E-state index in [4.69, 9.17) is 4.74 Å². The number of nitrogens with one attached hydrogen (secondary N) is 1. The second-order valence-corrected chi connectivity index (χ2v) is 4.17. The summed E-state index contributed by atoms with van der Waals surface area (Å²) in [6.07, 6.45) is -6.03. The van der Waals surface area contributed by atoms with E-state index in [-0.39, 0.29) is 6.61 Å². The molecule has 7 heteroatoms. The summed E-state index contributed by atoms with van der Waals surface area (Å²) < 4.78 is 41.7. The molecule has 0 saturated carbocycles. The van der Waals surface area contributed by atoms with Crippen LogP contribution in [0.3, 0.4) is 0 Å². The highest BCUT2D eigenvalue weighted by atomic mass is 19.4. The lowest BCUT2D eigenvalue weighted by Crippen LogP contribution is -2.43. The van der Waals surface area contributed by atoms with Crippen molar-refractivity contribution >= 4 is 11.9 Å². The fourth-order valence-electron chi connectivity index (χ4n) is 1.50. The predicted octanol–water partition coefficient (Wildman–Crippen LogP) is 2.19. The third-order valence-electron chi connectivity index (χ3n) is 2.32. The Kier molecular flexibility index (Phi) is 5.54. The van der Waals surface area contributed by atoms with Gasteiger partial charge in [0.1, 0.15) is 12.6 Å². The van der Waals surface area contributed by atoms with Gasteiger partial charge in [0.2, 0.25) is 5.91 Å². The van der Waals surface area contributed by atoms with Crippen LogP contribution in [0.5, 0.6) is 0 Å². The van der Waals surface area contributed by atoms with E-state index in [9.17, 15) is 22.8 Å². The van der Waals surface area contributed by atoms with Crippen LogP contribution in [-0.2, 0) is 20.9 Å². The summed E-state index contributed by atoms with van der Waals surface area (Å²) in [7, 11) is 0. The number of esters is 1. The second kappa shape index (κ2) is 6.93. The maximum Gasteiger partial charge on any atom is 0.391 e. The predicted molar refractivity (Wildman–Crippen MR) is 64.5 cm³/mol. The van der Waals surface area contributed by atoms with E-state index in [0.29, 0.717) is 5.56 Å². The second-order valence-electron chi connectivity index (χ2n) is 4.17. The third kappa shape index (κ3) is 6.21. The van der Waals surface area contributed by atoms with Gasteiger partial charge in [-0.1, -0.05) is 30.3 Å². The van der Waals surface area contributed by atoms with E-state index in [2.05, 4.69) is 0 Å². The molecule has 0 aliphatic carbocycles. The number of amides is 1. The maximum absolute atomic E-state index is 12.3. The zero-order valence-corrected chi connectivity index (χ0v) is 10.7. The van der Waals surface area contributed by atoms with Gasteiger partial charge in [0.15, 0.2) is 0 Å². The Morgan fingerprint density at radius 1 is 1.25 bits per heavy atom. The van der Waals surface area contributed by atoms with Crippen LogP contribution in [0, 0.1) is 0 Å². The van der Waals surface area contributed by atoms with Gasteiger partial charge in [0, 0.05) is 6.92 Å². The van der Waals surface area contributed by atoms with Crippen molar-refractivity contribution in [1.82, 2.24) is 5.32 Å². The Labute approximate surface area is 113 Å². The lowest BCUT2D eigenvalue weighted by atomic mass is 10.2. The molecule has 1 aromatic carbocycles. The average Bonchev–Trinajstić information content (AvgIpc) is 2.34. The summed E-state index contributed by atoms with van der Waals surface area (Å²) in [5.41, 5.74) is 0.648. The van der Waals surface area contributed by atoms with Crippen molar-refractivity contribution in [3.63, 3.8) is 0 Å². The van der Waals surface area contributed by atoms with Crippen molar-refractivity contribution in [2.75, 3.05) is 0 Å². The number of carbonyl (C=O) groups excluding carboxylic acids is 2. The summed E-state index contributed by atoms with van der Waals surface area (Å²) in [4.78, 5) is 22.4. The number of rotatable bonds is 5. The van der Waals surface area contributed by atoms with E-state index in [1.807, 2.05) is 5.32 Å². The average molecular weight is 289 g/mol. The molecule has 1 atom stereocenters. The van der Waals surface area contributed by atoms with Crippen LogP contribution in [0.25, 0.3) is 0 Å². The Morgan fingerprint density at radius 3 is 2.35 bits per heavy atom. The van der Waals surface area contributed by atoms with Crippen molar-refractivity contribution in [3.05, 3.63) is 35.9 Å². The summed E-state index contributed by atoms with van der Waals surface area (Å²) >= 11 is 0. The highest BCUT2D eigenvalue weighted by molar-refractivity contribution is 5.83. The number of benzene rings is 1. The van der Waals surface area contributed by atoms with E-state index in [1.54, 1.807) is 30.3 Å². The van der Waals surface area contributed by atoms with Crippen LogP contribution >= 0.6 is 0 Å². The zero-order chi connectivity index (χ0) is 15.2. The molecule has 0 radical (unpaired) electrons. The molecule has 0 heterocycles. The highest BCUT2D eigenvalue weighted by Gasteiger charge is 2.36. The minimum Gasteiger partial charge on any atom is -0.459 e. The van der Waals surface area contributed by atoms with Gasteiger partial charge in [-0.25, -0.2) is 4.79 Å². The first-order valence-corrected chi connectivity index (χ1v) is 5.82. The van der Waals surface area contributed by atoms with Gasteiger partial charge in [0.25, 0.3) is 0 Å². The number of alkyl halides is 3. The van der Waals surface area contributed by atoms with Crippen LogP contribution < -0.4 is 5.32 Å². The van der Waals surface area contributed by atoms with Crippen molar-refractivity contribution in [2.24, 2.45) is 0 Å². The maximum atomic E-state index is 12.3. The summed E-state index contributed by atoms with van der Waals surface area (Å²) in [5, 5.41) is 1.94. The first-order valence-electron chi connectivity index (χ1n) is 5.82. The molecule has 1 rings (SSSR count). The van der Waals surface area contributed by atoms with Crippen LogP contribution in [0.1, 0.15) is 18.9 Å². The van der Waals surface area contributed by atoms with E-state index in [1.165, 1.54) is 0 Å². The van der Waals surface area contributed by atoms with Gasteiger partial charge in [-0.15, -0.1) is 0 Å². The first kappa shape index (κ1) is 16.0. The van der Waals surface area contributed by atoms with Crippen LogP contribution in [0.2, 0.25) is 0 Å². The first-order chi connectivity index (χ1) is 9.28. The minimum absolute atomic E-state index is 0.145. The summed E-state index contributed by atoms with van der Waals surface area (Å²) in [6.45, 7) is 0.890. The molecule has 4 nitrogen and oxygen atoms in total. The molecule has 0 aliphatic heterocycles. The number of ether oxygens (including phenoxy) is 1. The number of hydrogen-bond acceptors (Lipinski definition) is 3. The molecule has 0 bridgehead atoms. The topological polar surface area (TPSA) is 55.4 Å². The molecule has 0 spiro atoms. The van der Waals surface area contributed by atoms with Crippen LogP contribution in [0.15, 0.2) is 30.3 Å². The van der Waals surface area contributed by atoms with Crippen molar-refractivity contribution in [1.29, 1.82) is 0 Å². The lowest BCUT2D eigenvalue weighted by molar-refractivity contribution is -0.164. The molecule has 1 amide bonds. The van der Waals surface area contributed by atoms with Gasteiger partial charge in [0.05, 0.1) is 6.42 Å². The molecule has 1 unspecified atom stereocenters. The van der Waals surface area contributed by atoms with Gasteiger partial charge in [-0.05, 0) is 5.56 Å². The standard InChI is InChI=1S/C13H14F3NO3/c1-9(18)17-11(7-13(14,15)16)12(19)20-8-10-5-3-2-4-6-10/h2-6,11H,7-8H2,1H3,(H,17,18). The molecule has 1 N–H and O–H groups in total. The van der Waals surface area contributed by atoms with Crippen LogP contribution in [-0.4, -0.2) is 24.1 Å². The van der Waals surface area contributed by atoms with Crippen molar-refractivity contribution < 1.29 is 27.5 Å². The molecule has 1 aromatic rings. The monoisotopic (exact) mass is 289 g/mol. The van der Waals surface area contributed by atoms with Gasteiger partial charge >= 0.3 is 12.1 Å². The van der Waals surface area contributed by atoms with Gasteiger partial charge in [-0.3, -0.25) is 4.79 Å². The minimum atomic E-state index is -4.57. The Morgan fingerprint density at radius 2 is 1.85 bits per heavy atom. The third-order valence-corrected chi connectivity index (χ3v) is 2.32. The molecule has 20 heavy (non-hydrogen) atoms. The van der Waals surface area contributed by atoms with E-state index >= 15 is 0 Å². The molecule has 110 valence electrons. The number of hydrogen-bond donors (Lipinski definition) is 1. The van der Waals surface area contributed by atoms with Crippen molar-refractivity contribution in [2.45, 2.75) is 32.2 Å². The summed E-state index contributed by atoms with van der Waals surface area (Å²) in [5.74, 6) is -1.84. The fraction of sp³-hybridized carbons (Fsp3) is 0.385. The zero-order valence-electron chi connectivity index (χ0n) is 10.7. The van der Waals surface area contributed by atoms with Gasteiger partial charge in [-0.2, -0.15) is 13.2 Å². The fourth-order valence-corrected chi connectivity index (χ4v) is 1.50. The smallest absolute Gasteiger partial charge is 0.391 e. The Bertz CT molecular complexity index is 460. The molecule has 0 aliphatic rings. The number of halogens is 3. The largest absolute Gasteiger partial charge is 0.459 e. The van der Waals surface area contributed by atoms with E-state index in [0.717, 1.165) is 6.92 Å². The molecule has 0 aromatic heterocycles. The Balaban J connectivity index is 2.61. The Hall–Kier alpha value is -2.05. The number of carbonyl (C=O) groups is 2. The van der Waals surface area contributed by atoms with E-state index < -0.39 is 30.5 Å². The molecular formula is C13H14F3NO3. The normalized spacial score (nSPS) is 12.6. The van der Waals surface area contributed by atoms with Gasteiger partial charge < -0.3 is 10.1 Å². The summed E-state index contributed by atoms with van der Waals surface area (Å²) in [6, 6.07) is 6.80. The highest BCUT2D eigenvalue weighted by Crippen LogP contribution is 2.22.